The molecular weight excluding hydrogens is 296 g/mol. The Bertz CT molecular complexity index is 492. The minimum atomic E-state index is -0.221. The molecule has 6 heteroatoms. The van der Waals surface area contributed by atoms with Crippen molar-refractivity contribution in [1.82, 2.24) is 14.7 Å². The van der Waals surface area contributed by atoms with Gasteiger partial charge in [-0.05, 0) is 29.5 Å². The van der Waals surface area contributed by atoms with Crippen LogP contribution < -0.4 is 10.9 Å². The van der Waals surface area contributed by atoms with Crippen molar-refractivity contribution in [2.45, 2.75) is 13.5 Å². The Morgan fingerprint density at radius 2 is 2.39 bits per heavy atom. The molecule has 0 radical (unpaired) electrons. The Labute approximate surface area is 115 Å². The molecule has 1 N–H and O–H groups in total. The maximum atomic E-state index is 11.8. The fourth-order valence-electron chi connectivity index (χ4n) is 1.33. The van der Waals surface area contributed by atoms with Gasteiger partial charge in [-0.25, -0.2) is 4.68 Å². The third-order valence-electron chi connectivity index (χ3n) is 2.57. The normalized spacial score (nSPS) is 10.4. The van der Waals surface area contributed by atoms with Gasteiger partial charge in [-0.3, -0.25) is 4.79 Å². The molecule has 0 saturated carbocycles. The Balaban J connectivity index is 2.71. The number of hydrogen-bond acceptors (Lipinski definition) is 4. The van der Waals surface area contributed by atoms with Gasteiger partial charge in [-0.15, -0.1) is 6.42 Å². The van der Waals surface area contributed by atoms with Crippen molar-refractivity contribution >= 4 is 21.6 Å². The average molecular weight is 313 g/mol. The lowest BCUT2D eigenvalue weighted by Crippen LogP contribution is -2.27. The van der Waals surface area contributed by atoms with E-state index in [1.807, 2.05) is 7.05 Å². The summed E-state index contributed by atoms with van der Waals surface area (Å²) in [6.45, 7) is 4.92. The molecule has 98 valence electrons. The smallest absolute Gasteiger partial charge is 0.284 e. The lowest BCUT2D eigenvalue weighted by atomic mass is 10.4. The van der Waals surface area contributed by atoms with Crippen LogP contribution in [0.1, 0.15) is 6.92 Å². The first-order chi connectivity index (χ1) is 8.60. The Morgan fingerprint density at radius 1 is 1.67 bits per heavy atom. The first-order valence-corrected chi connectivity index (χ1v) is 6.51. The van der Waals surface area contributed by atoms with Crippen LogP contribution in [0.15, 0.2) is 15.5 Å². The van der Waals surface area contributed by atoms with Gasteiger partial charge in [-0.2, -0.15) is 5.10 Å². The summed E-state index contributed by atoms with van der Waals surface area (Å²) in [5.74, 6) is 2.39. The minimum Gasteiger partial charge on any atom is -0.381 e. The molecular formula is C12H17BrN4O. The minimum absolute atomic E-state index is 0.177. The van der Waals surface area contributed by atoms with Gasteiger partial charge >= 0.3 is 0 Å². The Morgan fingerprint density at radius 3 is 3.00 bits per heavy atom. The van der Waals surface area contributed by atoms with Gasteiger partial charge in [0.15, 0.2) is 0 Å². The third-order valence-corrected chi connectivity index (χ3v) is 3.34. The Hall–Kier alpha value is -1.32. The zero-order valence-electron chi connectivity index (χ0n) is 10.6. The molecule has 0 aromatic carbocycles. The number of hydrogen-bond donors (Lipinski definition) is 1. The molecule has 1 heterocycles. The zero-order valence-corrected chi connectivity index (χ0v) is 12.2. The molecule has 5 nitrogen and oxygen atoms in total. The van der Waals surface area contributed by atoms with Gasteiger partial charge in [0.2, 0.25) is 0 Å². The lowest BCUT2D eigenvalue weighted by Gasteiger charge is -2.15. The highest BCUT2D eigenvalue weighted by Gasteiger charge is 2.07. The van der Waals surface area contributed by atoms with E-state index < -0.39 is 0 Å². The van der Waals surface area contributed by atoms with Crippen molar-refractivity contribution in [3.63, 3.8) is 0 Å². The first-order valence-electron chi connectivity index (χ1n) is 5.71. The molecule has 0 spiro atoms. The molecule has 0 aliphatic rings. The van der Waals surface area contributed by atoms with Crippen LogP contribution in [-0.2, 0) is 6.54 Å². The van der Waals surface area contributed by atoms with E-state index >= 15 is 0 Å². The summed E-state index contributed by atoms with van der Waals surface area (Å²) in [5, 5.41) is 7.17. The summed E-state index contributed by atoms with van der Waals surface area (Å²) in [6.07, 6.45) is 6.77. The van der Waals surface area contributed by atoms with Crippen LogP contribution in [0.5, 0.6) is 0 Å². The number of anilines is 1. The molecule has 0 aliphatic carbocycles. The molecule has 18 heavy (non-hydrogen) atoms. The molecule has 0 saturated heterocycles. The summed E-state index contributed by atoms with van der Waals surface area (Å²) < 4.78 is 1.71. The monoisotopic (exact) mass is 312 g/mol. The maximum absolute atomic E-state index is 11.8. The summed E-state index contributed by atoms with van der Waals surface area (Å²) in [6, 6.07) is 0. The molecule has 0 atom stereocenters. The quantitative estimate of drug-likeness (QED) is 0.796. The molecule has 1 aromatic rings. The number of nitrogens with one attached hydrogen (secondary N) is 1. The second-order valence-electron chi connectivity index (χ2n) is 3.86. The topological polar surface area (TPSA) is 50.2 Å². The number of halogens is 1. The largest absolute Gasteiger partial charge is 0.381 e. The SMILES string of the molecule is C#CCn1ncc(NCCN(C)CC)c(Br)c1=O. The molecule has 0 aliphatic heterocycles. The summed E-state index contributed by atoms with van der Waals surface area (Å²) in [7, 11) is 2.04. The molecule has 1 rings (SSSR count). The van der Waals surface area contributed by atoms with Crippen LogP contribution >= 0.6 is 15.9 Å². The number of terminal acetylenes is 1. The van der Waals surface area contributed by atoms with Crippen molar-refractivity contribution in [1.29, 1.82) is 0 Å². The highest BCUT2D eigenvalue weighted by Crippen LogP contribution is 2.15. The highest BCUT2D eigenvalue weighted by atomic mass is 79.9. The van der Waals surface area contributed by atoms with Crippen LogP contribution in [0.25, 0.3) is 0 Å². The van der Waals surface area contributed by atoms with Crippen LogP contribution in [0.2, 0.25) is 0 Å². The van der Waals surface area contributed by atoms with Gasteiger partial charge in [-0.1, -0.05) is 12.8 Å². The van der Waals surface area contributed by atoms with Gasteiger partial charge < -0.3 is 10.2 Å². The van der Waals surface area contributed by atoms with E-state index in [1.54, 1.807) is 6.20 Å². The second kappa shape index (κ2) is 7.19. The lowest BCUT2D eigenvalue weighted by molar-refractivity contribution is 0.367. The fraction of sp³-hybridized carbons (Fsp3) is 0.500. The molecule has 0 fully saturated rings. The van der Waals surface area contributed by atoms with Gasteiger partial charge in [0.05, 0.1) is 11.9 Å². The fourth-order valence-corrected chi connectivity index (χ4v) is 1.77. The summed E-state index contributed by atoms with van der Waals surface area (Å²) in [4.78, 5) is 14.0. The van der Waals surface area contributed by atoms with E-state index in [4.69, 9.17) is 6.42 Å². The number of nitrogens with zero attached hydrogens (tertiary/aromatic N) is 3. The highest BCUT2D eigenvalue weighted by molar-refractivity contribution is 9.10. The van der Waals surface area contributed by atoms with E-state index in [-0.39, 0.29) is 12.1 Å². The van der Waals surface area contributed by atoms with Crippen molar-refractivity contribution in [3.8, 4) is 12.3 Å². The van der Waals surface area contributed by atoms with E-state index in [0.29, 0.717) is 10.2 Å². The van der Waals surface area contributed by atoms with E-state index in [1.165, 1.54) is 4.68 Å². The van der Waals surface area contributed by atoms with Crippen LogP contribution in [0.4, 0.5) is 5.69 Å². The van der Waals surface area contributed by atoms with E-state index in [0.717, 1.165) is 19.6 Å². The van der Waals surface area contributed by atoms with Crippen LogP contribution in [0, 0.1) is 12.3 Å². The summed E-state index contributed by atoms with van der Waals surface area (Å²) in [5.41, 5.74) is 0.472. The van der Waals surface area contributed by atoms with E-state index in [9.17, 15) is 4.79 Å². The number of likely N-dealkylation sites (N-methyl/N-ethyl adjacent to an activating group) is 1. The van der Waals surface area contributed by atoms with Crippen molar-refractivity contribution < 1.29 is 0 Å². The number of aromatic nitrogens is 2. The zero-order chi connectivity index (χ0) is 13.5. The maximum Gasteiger partial charge on any atom is 0.284 e. The third kappa shape index (κ3) is 3.86. The van der Waals surface area contributed by atoms with Crippen LogP contribution in [0.3, 0.4) is 0 Å². The van der Waals surface area contributed by atoms with Crippen molar-refractivity contribution in [3.05, 3.63) is 21.0 Å². The number of rotatable bonds is 6. The molecule has 1 aromatic heterocycles. The van der Waals surface area contributed by atoms with Gasteiger partial charge in [0.25, 0.3) is 5.56 Å². The molecule has 0 amide bonds. The second-order valence-corrected chi connectivity index (χ2v) is 4.65. The molecule has 0 unspecified atom stereocenters. The Kier molecular flexibility index (Phi) is 5.89. The van der Waals surface area contributed by atoms with Crippen molar-refractivity contribution in [2.24, 2.45) is 0 Å². The molecule has 0 bridgehead atoms. The predicted octanol–water partition coefficient (Wildman–Crippen LogP) is 1.00. The van der Waals surface area contributed by atoms with Crippen LogP contribution in [-0.4, -0.2) is 41.4 Å². The first kappa shape index (κ1) is 14.7. The predicted molar refractivity (Wildman–Crippen MR) is 76.7 cm³/mol. The van der Waals surface area contributed by atoms with Gasteiger partial charge in [0, 0.05) is 13.1 Å². The van der Waals surface area contributed by atoms with Crippen molar-refractivity contribution in [2.75, 3.05) is 32.0 Å². The van der Waals surface area contributed by atoms with Gasteiger partial charge in [0.1, 0.15) is 11.0 Å². The summed E-state index contributed by atoms with van der Waals surface area (Å²) >= 11 is 3.27. The van der Waals surface area contributed by atoms with E-state index in [2.05, 4.69) is 44.1 Å². The standard InChI is InChI=1S/C12H17BrN4O/c1-4-7-17-12(18)11(13)10(9-15-17)14-6-8-16(3)5-2/h1,9,14H,5-8H2,2-3H3. The average Bonchev–Trinajstić information content (AvgIpc) is 2.37.